The number of amides is 1. The number of ether oxygens (including phenoxy) is 1. The summed E-state index contributed by atoms with van der Waals surface area (Å²) in [7, 11) is 1.76. The number of benzene rings is 1. The number of carbonyl (C=O) groups is 1. The molecule has 3 nitrogen and oxygen atoms in total. The Morgan fingerprint density at radius 2 is 2.28 bits per heavy atom. The van der Waals surface area contributed by atoms with Crippen LogP contribution in [0.2, 0.25) is 5.02 Å². The molecule has 1 amide bonds. The first-order valence-electron chi connectivity index (χ1n) is 5.88. The third kappa shape index (κ3) is 3.60. The van der Waals surface area contributed by atoms with Crippen molar-refractivity contribution in [1.82, 2.24) is 4.90 Å². The van der Waals surface area contributed by atoms with E-state index in [0.717, 1.165) is 12.6 Å². The summed E-state index contributed by atoms with van der Waals surface area (Å²) in [6, 6.07) is 3.83. The van der Waals surface area contributed by atoms with Crippen LogP contribution in [0.3, 0.4) is 0 Å². The molecule has 18 heavy (non-hydrogen) atoms. The van der Waals surface area contributed by atoms with Gasteiger partial charge < -0.3 is 9.64 Å². The molecule has 2 rings (SSSR count). The summed E-state index contributed by atoms with van der Waals surface area (Å²) >= 11 is 5.80. The topological polar surface area (TPSA) is 29.5 Å². The maximum Gasteiger partial charge on any atom is 0.260 e. The third-order valence-electron chi connectivity index (χ3n) is 2.90. The summed E-state index contributed by atoms with van der Waals surface area (Å²) in [6.07, 6.45) is 2.39. The third-order valence-corrected chi connectivity index (χ3v) is 3.20. The average Bonchev–Trinajstić information content (AvgIpc) is 3.11. The van der Waals surface area contributed by atoms with Gasteiger partial charge in [-0.15, -0.1) is 0 Å². The lowest BCUT2D eigenvalue weighted by molar-refractivity contribution is -0.132. The molecule has 1 aliphatic carbocycles. The standard InChI is InChI=1S/C13H15ClFNO2/c1-16(7-9-2-3-9)13(17)8-18-12-5-4-10(15)6-11(12)14/h4-6,9H,2-3,7-8H2,1H3. The molecule has 0 N–H and O–H groups in total. The largest absolute Gasteiger partial charge is 0.482 e. The quantitative estimate of drug-likeness (QED) is 0.824. The van der Waals surface area contributed by atoms with E-state index >= 15 is 0 Å². The summed E-state index contributed by atoms with van der Waals surface area (Å²) in [4.78, 5) is 13.4. The zero-order valence-corrected chi connectivity index (χ0v) is 10.9. The summed E-state index contributed by atoms with van der Waals surface area (Å²) < 4.78 is 18.1. The van der Waals surface area contributed by atoms with E-state index in [9.17, 15) is 9.18 Å². The monoisotopic (exact) mass is 271 g/mol. The Morgan fingerprint density at radius 1 is 1.56 bits per heavy atom. The number of rotatable bonds is 5. The molecular formula is C13H15ClFNO2. The minimum atomic E-state index is -0.426. The first-order chi connectivity index (χ1) is 8.56. The summed E-state index contributed by atoms with van der Waals surface area (Å²) in [5.74, 6) is 0.450. The van der Waals surface area contributed by atoms with Crippen molar-refractivity contribution in [2.75, 3.05) is 20.2 Å². The maximum absolute atomic E-state index is 12.8. The Labute approximate surface area is 110 Å². The van der Waals surface area contributed by atoms with Crippen LogP contribution < -0.4 is 4.74 Å². The van der Waals surface area contributed by atoms with Crippen LogP contribution in [0.15, 0.2) is 18.2 Å². The van der Waals surface area contributed by atoms with E-state index < -0.39 is 5.82 Å². The maximum atomic E-state index is 12.8. The number of halogens is 2. The Balaban J connectivity index is 1.84. The van der Waals surface area contributed by atoms with Crippen molar-refractivity contribution in [3.05, 3.63) is 29.0 Å². The first kappa shape index (κ1) is 13.1. The Kier molecular flexibility index (Phi) is 4.07. The van der Waals surface area contributed by atoms with Crippen molar-refractivity contribution in [2.24, 2.45) is 5.92 Å². The molecule has 1 saturated carbocycles. The highest BCUT2D eigenvalue weighted by atomic mass is 35.5. The molecule has 0 spiro atoms. The van der Waals surface area contributed by atoms with Crippen LogP contribution in [0.1, 0.15) is 12.8 Å². The number of nitrogens with zero attached hydrogens (tertiary/aromatic N) is 1. The second kappa shape index (κ2) is 5.57. The Hall–Kier alpha value is -1.29. The highest BCUT2D eigenvalue weighted by Gasteiger charge is 2.24. The normalized spacial score (nSPS) is 14.4. The lowest BCUT2D eigenvalue weighted by atomic mass is 10.3. The van der Waals surface area contributed by atoms with Gasteiger partial charge in [-0.1, -0.05) is 11.6 Å². The second-order valence-electron chi connectivity index (χ2n) is 4.58. The van der Waals surface area contributed by atoms with Crippen molar-refractivity contribution in [2.45, 2.75) is 12.8 Å². The predicted octanol–water partition coefficient (Wildman–Crippen LogP) is 2.73. The van der Waals surface area contributed by atoms with Gasteiger partial charge in [0.15, 0.2) is 6.61 Å². The molecule has 0 radical (unpaired) electrons. The zero-order valence-electron chi connectivity index (χ0n) is 10.2. The smallest absolute Gasteiger partial charge is 0.260 e. The summed E-state index contributed by atoms with van der Waals surface area (Å²) in [6.45, 7) is 0.702. The van der Waals surface area contributed by atoms with E-state index in [1.165, 1.54) is 25.0 Å². The molecule has 5 heteroatoms. The number of carbonyl (C=O) groups excluding carboxylic acids is 1. The van der Waals surface area contributed by atoms with E-state index in [-0.39, 0.29) is 17.5 Å². The Bertz CT molecular complexity index is 449. The van der Waals surface area contributed by atoms with Crippen molar-refractivity contribution < 1.29 is 13.9 Å². The predicted molar refractivity (Wildman–Crippen MR) is 67.3 cm³/mol. The van der Waals surface area contributed by atoms with Crippen molar-refractivity contribution in [1.29, 1.82) is 0 Å². The van der Waals surface area contributed by atoms with E-state index in [0.29, 0.717) is 11.7 Å². The van der Waals surface area contributed by atoms with Crippen LogP contribution in [0.5, 0.6) is 5.75 Å². The van der Waals surface area contributed by atoms with Crippen LogP contribution in [-0.4, -0.2) is 31.0 Å². The highest BCUT2D eigenvalue weighted by molar-refractivity contribution is 6.32. The van der Waals surface area contributed by atoms with Gasteiger partial charge in [-0.2, -0.15) is 0 Å². The van der Waals surface area contributed by atoms with Crippen molar-refractivity contribution in [3.63, 3.8) is 0 Å². The van der Waals surface area contributed by atoms with Crippen LogP contribution in [0.25, 0.3) is 0 Å². The summed E-state index contributed by atoms with van der Waals surface area (Å²) in [5.41, 5.74) is 0. The van der Waals surface area contributed by atoms with Gasteiger partial charge >= 0.3 is 0 Å². The van der Waals surface area contributed by atoms with Gasteiger partial charge in [0.1, 0.15) is 11.6 Å². The minimum Gasteiger partial charge on any atom is -0.482 e. The van der Waals surface area contributed by atoms with Gasteiger partial charge in [-0.3, -0.25) is 4.79 Å². The molecule has 1 fully saturated rings. The zero-order chi connectivity index (χ0) is 13.1. The molecular weight excluding hydrogens is 257 g/mol. The van der Waals surface area contributed by atoms with Gasteiger partial charge in [0.05, 0.1) is 5.02 Å². The minimum absolute atomic E-state index is 0.0748. The molecule has 0 heterocycles. The van der Waals surface area contributed by atoms with Gasteiger partial charge in [0.2, 0.25) is 0 Å². The van der Waals surface area contributed by atoms with Gasteiger partial charge in [-0.05, 0) is 37.0 Å². The van der Waals surface area contributed by atoms with Gasteiger partial charge in [0, 0.05) is 13.6 Å². The number of likely N-dealkylation sites (N-methyl/N-ethyl adjacent to an activating group) is 1. The average molecular weight is 272 g/mol. The number of hydrogen-bond donors (Lipinski definition) is 0. The fourth-order valence-corrected chi connectivity index (χ4v) is 1.85. The molecule has 1 aromatic rings. The van der Waals surface area contributed by atoms with Crippen LogP contribution in [0.4, 0.5) is 4.39 Å². The molecule has 98 valence electrons. The number of hydrogen-bond acceptors (Lipinski definition) is 2. The molecule has 0 unspecified atom stereocenters. The highest BCUT2D eigenvalue weighted by Crippen LogP contribution is 2.29. The lowest BCUT2D eigenvalue weighted by Crippen LogP contribution is -2.33. The van der Waals surface area contributed by atoms with Crippen LogP contribution in [-0.2, 0) is 4.79 Å². The summed E-state index contributed by atoms with van der Waals surface area (Å²) in [5, 5.41) is 0.174. The van der Waals surface area contributed by atoms with E-state index in [1.54, 1.807) is 11.9 Å². The van der Waals surface area contributed by atoms with Crippen LogP contribution >= 0.6 is 11.6 Å². The van der Waals surface area contributed by atoms with Crippen LogP contribution in [0, 0.1) is 11.7 Å². The van der Waals surface area contributed by atoms with Crippen molar-refractivity contribution in [3.8, 4) is 5.75 Å². The first-order valence-corrected chi connectivity index (χ1v) is 6.26. The van der Waals surface area contributed by atoms with E-state index in [1.807, 2.05) is 0 Å². The molecule has 0 bridgehead atoms. The fraction of sp³-hybridized carbons (Fsp3) is 0.462. The molecule has 1 aromatic carbocycles. The fourth-order valence-electron chi connectivity index (χ4n) is 1.63. The molecule has 0 aromatic heterocycles. The van der Waals surface area contributed by atoms with Gasteiger partial charge in [0.25, 0.3) is 5.91 Å². The molecule has 0 atom stereocenters. The lowest BCUT2D eigenvalue weighted by Gasteiger charge is -2.17. The molecule has 0 aliphatic heterocycles. The SMILES string of the molecule is CN(CC1CC1)C(=O)COc1ccc(F)cc1Cl. The van der Waals surface area contributed by atoms with E-state index in [2.05, 4.69) is 0 Å². The molecule has 1 aliphatic rings. The van der Waals surface area contributed by atoms with Gasteiger partial charge in [-0.25, -0.2) is 4.39 Å². The van der Waals surface area contributed by atoms with Crippen molar-refractivity contribution >= 4 is 17.5 Å². The van der Waals surface area contributed by atoms with E-state index in [4.69, 9.17) is 16.3 Å². The Morgan fingerprint density at radius 3 is 2.89 bits per heavy atom. The second-order valence-corrected chi connectivity index (χ2v) is 4.99. The molecule has 0 saturated heterocycles.